The highest BCUT2D eigenvalue weighted by molar-refractivity contribution is 7.80. The van der Waals surface area contributed by atoms with Crippen LogP contribution in [0.15, 0.2) is 52.6 Å². The summed E-state index contributed by atoms with van der Waals surface area (Å²) < 4.78 is 28.2. The van der Waals surface area contributed by atoms with Crippen molar-refractivity contribution in [3.63, 3.8) is 0 Å². The Morgan fingerprint density at radius 2 is 1.94 bits per heavy atom. The van der Waals surface area contributed by atoms with Crippen molar-refractivity contribution < 1.29 is 23.3 Å². The van der Waals surface area contributed by atoms with Crippen LogP contribution in [0, 0.1) is 11.6 Å². The molecule has 1 heterocycles. The Morgan fingerprint density at radius 1 is 1.28 bits per heavy atom. The van der Waals surface area contributed by atoms with Crippen molar-refractivity contribution in [3.8, 4) is 0 Å². The number of benzene rings is 2. The smallest absolute Gasteiger partial charge is 0.274 e. The molecule has 0 radical (unpaired) electrons. The van der Waals surface area contributed by atoms with Gasteiger partial charge in [0.2, 0.25) is 6.34 Å². The molecule has 0 aromatic heterocycles. The van der Waals surface area contributed by atoms with E-state index in [2.05, 4.69) is 10.1 Å². The van der Waals surface area contributed by atoms with E-state index in [1.807, 2.05) is 0 Å². The number of thiocarbonyl (C=S) groups is 1. The number of hydrogen-bond acceptors (Lipinski definition) is 6. The molecule has 1 unspecified atom stereocenters. The number of likely N-dealkylation sites (N-methyl/N-ethyl adjacent to an activating group) is 1. The van der Waals surface area contributed by atoms with Crippen LogP contribution < -0.4 is 11.6 Å². The van der Waals surface area contributed by atoms with E-state index in [-0.39, 0.29) is 27.4 Å². The molecule has 2 aromatic carbocycles. The van der Waals surface area contributed by atoms with Crippen molar-refractivity contribution in [1.29, 1.82) is 0 Å². The van der Waals surface area contributed by atoms with Gasteiger partial charge in [-0.05, 0) is 36.0 Å². The van der Waals surface area contributed by atoms with Gasteiger partial charge in [-0.15, -0.1) is 0 Å². The minimum absolute atomic E-state index is 0.0740. The number of carbonyl (C=O) groups is 1. The Morgan fingerprint density at radius 3 is 2.47 bits per heavy atom. The molecule has 1 amide bonds. The van der Waals surface area contributed by atoms with E-state index in [0.29, 0.717) is 10.6 Å². The van der Waals surface area contributed by atoms with Crippen molar-refractivity contribution in [2.24, 2.45) is 21.7 Å². The molecule has 0 spiro atoms. The highest BCUT2D eigenvalue weighted by Gasteiger charge is 2.46. The number of carbonyl (C=O) groups excluding carboxylic acids is 1. The SMILES string of the molecule is C[C@@H](c1ccc(C(=O)N(N)C(N)=S)cc1)[C@](O)(C[N+]1(C)C=NC=N1)c1ccc(F)cc1F. The molecule has 3 rings (SSSR count). The number of amides is 1. The Labute approximate surface area is 189 Å². The molecule has 0 aliphatic carbocycles. The number of aliphatic imine (C=N–C) groups is 1. The van der Waals surface area contributed by atoms with Crippen LogP contribution in [-0.4, -0.2) is 52.0 Å². The highest BCUT2D eigenvalue weighted by atomic mass is 32.1. The van der Waals surface area contributed by atoms with E-state index < -0.39 is 29.1 Å². The van der Waals surface area contributed by atoms with Crippen LogP contribution in [0.4, 0.5) is 8.78 Å². The third-order valence-electron chi connectivity index (χ3n) is 5.49. The molecule has 8 nitrogen and oxygen atoms in total. The molecule has 1 aliphatic heterocycles. The highest BCUT2D eigenvalue weighted by Crippen LogP contribution is 2.40. The first kappa shape index (κ1) is 23.5. The second-order valence-corrected chi connectivity index (χ2v) is 8.19. The lowest BCUT2D eigenvalue weighted by Gasteiger charge is -2.37. The quantitative estimate of drug-likeness (QED) is 0.200. The third-order valence-corrected chi connectivity index (χ3v) is 5.68. The molecule has 2 aromatic rings. The first-order valence-corrected chi connectivity index (χ1v) is 9.98. The molecule has 32 heavy (non-hydrogen) atoms. The van der Waals surface area contributed by atoms with E-state index >= 15 is 0 Å². The van der Waals surface area contributed by atoms with E-state index in [9.17, 15) is 18.7 Å². The molecule has 3 atom stereocenters. The van der Waals surface area contributed by atoms with Crippen LogP contribution in [0.5, 0.6) is 0 Å². The molecule has 11 heteroatoms. The topological polar surface area (TPSA) is 117 Å². The first-order chi connectivity index (χ1) is 15.0. The summed E-state index contributed by atoms with van der Waals surface area (Å²) in [6.45, 7) is 1.63. The molecule has 0 fully saturated rings. The maximum Gasteiger partial charge on any atom is 0.274 e. The summed E-state index contributed by atoms with van der Waals surface area (Å²) in [5.74, 6) is 2.63. The Hall–Kier alpha value is -3.12. The van der Waals surface area contributed by atoms with E-state index in [1.165, 1.54) is 30.9 Å². The fourth-order valence-corrected chi connectivity index (χ4v) is 3.73. The minimum Gasteiger partial charge on any atom is -0.378 e. The molecule has 1 aliphatic rings. The van der Waals surface area contributed by atoms with E-state index in [0.717, 1.165) is 12.1 Å². The molecular formula is C21H23F2N6O2S+. The molecule has 168 valence electrons. The van der Waals surface area contributed by atoms with E-state index in [1.54, 1.807) is 26.1 Å². The molecule has 5 N–H and O–H groups in total. The van der Waals surface area contributed by atoms with Gasteiger partial charge in [0, 0.05) is 23.1 Å². The van der Waals surface area contributed by atoms with Gasteiger partial charge in [0.15, 0.2) is 17.1 Å². The number of hydrazine groups is 1. The van der Waals surface area contributed by atoms with Crippen LogP contribution in [0.1, 0.15) is 34.3 Å². The first-order valence-electron chi connectivity index (χ1n) is 9.57. The number of quaternary nitrogens is 1. The zero-order valence-electron chi connectivity index (χ0n) is 17.4. The van der Waals surface area contributed by atoms with Crippen molar-refractivity contribution in [2.45, 2.75) is 18.4 Å². The lowest BCUT2D eigenvalue weighted by Crippen LogP contribution is -2.50. The zero-order chi connectivity index (χ0) is 23.7. The van der Waals surface area contributed by atoms with Gasteiger partial charge in [-0.3, -0.25) is 4.79 Å². The fourth-order valence-electron chi connectivity index (χ4n) is 3.65. The van der Waals surface area contributed by atoms with Gasteiger partial charge in [-0.2, -0.15) is 9.58 Å². The average Bonchev–Trinajstić information content (AvgIpc) is 3.17. The standard InChI is InChI=1S/C21H22F2N6O2S/c1-13(14-3-5-15(6-4-14)19(30)28(25)20(24)32)21(31,10-29(2)12-26-11-27-29)17-8-7-16(22)9-18(17)23/h3-9,11-13,31H,10,25H2,1-2H3,(H-,24,32)/p+1/t13-,21+,29?/m0/s1. The van der Waals surface area contributed by atoms with Crippen LogP contribution in [0.25, 0.3) is 0 Å². The second-order valence-electron chi connectivity index (χ2n) is 7.77. The number of nitrogens with two attached hydrogens (primary N) is 2. The van der Waals surface area contributed by atoms with Crippen LogP contribution in [0.3, 0.4) is 0 Å². The van der Waals surface area contributed by atoms with Gasteiger partial charge < -0.3 is 10.8 Å². The van der Waals surface area contributed by atoms with Crippen LogP contribution in [-0.2, 0) is 5.60 Å². The normalized spacial score (nSPS) is 20.1. The summed E-state index contributed by atoms with van der Waals surface area (Å²) in [4.78, 5) is 16.3. The summed E-state index contributed by atoms with van der Waals surface area (Å²) in [5, 5.41) is 16.4. The lowest BCUT2D eigenvalue weighted by atomic mass is 9.77. The van der Waals surface area contributed by atoms with Crippen LogP contribution in [0.2, 0.25) is 0 Å². The van der Waals surface area contributed by atoms with Gasteiger partial charge in [-0.25, -0.2) is 19.6 Å². The number of aliphatic hydroxyl groups is 1. The van der Waals surface area contributed by atoms with Crippen LogP contribution >= 0.6 is 12.2 Å². The third kappa shape index (κ3) is 4.55. The molecule has 0 bridgehead atoms. The fraction of sp³-hybridized carbons (Fsp3) is 0.238. The van der Waals surface area contributed by atoms with Crippen molar-refractivity contribution in [2.75, 3.05) is 13.6 Å². The number of hydrogen-bond donors (Lipinski definition) is 3. The Bertz CT molecular complexity index is 1100. The summed E-state index contributed by atoms with van der Waals surface area (Å²) in [6, 6.07) is 9.25. The second kappa shape index (κ2) is 8.79. The lowest BCUT2D eigenvalue weighted by molar-refractivity contribution is -0.827. The van der Waals surface area contributed by atoms with Gasteiger partial charge in [0.05, 0.1) is 7.05 Å². The molecule has 0 saturated carbocycles. The molecular weight excluding hydrogens is 438 g/mol. The monoisotopic (exact) mass is 461 g/mol. The average molecular weight is 462 g/mol. The maximum absolute atomic E-state index is 14.8. The predicted molar refractivity (Wildman–Crippen MR) is 120 cm³/mol. The summed E-state index contributed by atoms with van der Waals surface area (Å²) in [7, 11) is 1.69. The number of rotatable bonds is 6. The van der Waals surface area contributed by atoms with Crippen molar-refractivity contribution >= 4 is 35.9 Å². The van der Waals surface area contributed by atoms with Crippen molar-refractivity contribution in [3.05, 3.63) is 70.8 Å². The van der Waals surface area contributed by atoms with E-state index in [4.69, 9.17) is 23.8 Å². The van der Waals surface area contributed by atoms with Crippen molar-refractivity contribution in [1.82, 2.24) is 5.01 Å². The largest absolute Gasteiger partial charge is 0.378 e. The summed E-state index contributed by atoms with van der Waals surface area (Å²) in [6.07, 6.45) is 2.85. The summed E-state index contributed by atoms with van der Waals surface area (Å²) >= 11 is 4.70. The zero-order valence-corrected chi connectivity index (χ0v) is 18.3. The van der Waals surface area contributed by atoms with Gasteiger partial charge in [0.25, 0.3) is 5.91 Å². The van der Waals surface area contributed by atoms with Gasteiger partial charge in [-0.1, -0.05) is 30.2 Å². The van der Waals surface area contributed by atoms with Gasteiger partial charge >= 0.3 is 0 Å². The Balaban J connectivity index is 2.01. The number of nitrogens with zero attached hydrogens (tertiary/aromatic N) is 4. The maximum atomic E-state index is 14.8. The summed E-state index contributed by atoms with van der Waals surface area (Å²) in [5.41, 5.74) is 4.32. The van der Waals surface area contributed by atoms with Gasteiger partial charge in [0.1, 0.15) is 18.2 Å². The predicted octanol–water partition coefficient (Wildman–Crippen LogP) is 1.95. The number of halogens is 2. The Kier molecular flexibility index (Phi) is 6.46. The molecule has 0 saturated heterocycles. The minimum atomic E-state index is -1.80.